The van der Waals surface area contributed by atoms with Crippen molar-refractivity contribution in [3.05, 3.63) is 0 Å². The molecule has 4 saturated carbocycles. The Labute approximate surface area is 123 Å². The van der Waals surface area contributed by atoms with E-state index in [-0.39, 0.29) is 0 Å². The van der Waals surface area contributed by atoms with Gasteiger partial charge in [-0.3, -0.25) is 4.79 Å². The predicted molar refractivity (Wildman–Crippen MR) is 81.4 cm³/mol. The molecular formula is C19H30O. The molecule has 0 N–H and O–H groups in total. The molecule has 4 fully saturated rings. The van der Waals surface area contributed by atoms with Crippen LogP contribution in [-0.4, -0.2) is 5.78 Å². The molecule has 6 atom stereocenters. The van der Waals surface area contributed by atoms with Gasteiger partial charge in [-0.1, -0.05) is 19.8 Å². The van der Waals surface area contributed by atoms with Crippen LogP contribution in [0.15, 0.2) is 0 Å². The lowest BCUT2D eigenvalue weighted by atomic mass is 9.46. The molecule has 4 rings (SSSR count). The smallest absolute Gasteiger partial charge is 0.136 e. The number of ketones is 1. The van der Waals surface area contributed by atoms with Crippen LogP contribution in [0.4, 0.5) is 0 Å². The first-order chi connectivity index (χ1) is 9.70. The summed E-state index contributed by atoms with van der Waals surface area (Å²) < 4.78 is 0. The highest BCUT2D eigenvalue weighted by Gasteiger charge is 2.54. The van der Waals surface area contributed by atoms with Crippen molar-refractivity contribution < 1.29 is 4.79 Å². The maximum absolute atomic E-state index is 12.3. The Kier molecular flexibility index (Phi) is 3.23. The van der Waals surface area contributed by atoms with Crippen LogP contribution in [0.2, 0.25) is 0 Å². The summed E-state index contributed by atoms with van der Waals surface area (Å²) in [5.41, 5.74) is 0.632. The molecule has 0 heterocycles. The molecule has 4 aliphatic rings. The minimum absolute atomic E-state index is 0.466. The molecule has 0 saturated heterocycles. The van der Waals surface area contributed by atoms with Crippen molar-refractivity contribution in [2.24, 2.45) is 35.0 Å². The minimum Gasteiger partial charge on any atom is -0.299 e. The summed E-state index contributed by atoms with van der Waals surface area (Å²) in [4.78, 5) is 12.3. The van der Waals surface area contributed by atoms with Crippen molar-refractivity contribution in [1.82, 2.24) is 0 Å². The first-order valence-corrected chi connectivity index (χ1v) is 9.23. The molecule has 112 valence electrons. The van der Waals surface area contributed by atoms with E-state index in [1.165, 1.54) is 64.2 Å². The Bertz CT molecular complexity index is 401. The monoisotopic (exact) mass is 274 g/mol. The zero-order valence-corrected chi connectivity index (χ0v) is 13.1. The van der Waals surface area contributed by atoms with E-state index < -0.39 is 0 Å². The summed E-state index contributed by atoms with van der Waals surface area (Å²) in [6.45, 7) is 2.62. The van der Waals surface area contributed by atoms with Crippen LogP contribution < -0.4 is 0 Å². The standard InChI is InChI=1S/C19H30O/c1-19-12-3-2-5-13(19)8-9-15-14-6-4-7-18(20)16(14)10-11-17(15)19/h13-17H,2-12H2,1H3/t13-,14+,15+,16?,17+,19+/m1/s1. The van der Waals surface area contributed by atoms with Gasteiger partial charge in [0, 0.05) is 12.3 Å². The quantitative estimate of drug-likeness (QED) is 0.608. The lowest BCUT2D eigenvalue weighted by Gasteiger charge is -2.59. The summed E-state index contributed by atoms with van der Waals surface area (Å²) in [5.74, 6) is 4.72. The molecule has 4 aliphatic carbocycles. The Hall–Kier alpha value is -0.330. The lowest BCUT2D eigenvalue weighted by Crippen LogP contribution is -2.52. The van der Waals surface area contributed by atoms with Crippen LogP contribution in [0.1, 0.15) is 77.6 Å². The lowest BCUT2D eigenvalue weighted by molar-refractivity contribution is -0.139. The molecule has 1 heteroatoms. The Morgan fingerprint density at radius 1 is 0.900 bits per heavy atom. The van der Waals surface area contributed by atoms with Crippen molar-refractivity contribution in [3.63, 3.8) is 0 Å². The summed E-state index contributed by atoms with van der Waals surface area (Å²) >= 11 is 0. The number of hydrogen-bond donors (Lipinski definition) is 0. The summed E-state index contributed by atoms with van der Waals surface area (Å²) in [5, 5.41) is 0. The fraction of sp³-hybridized carbons (Fsp3) is 0.947. The number of hydrogen-bond acceptors (Lipinski definition) is 1. The molecule has 0 aromatic heterocycles. The number of fused-ring (bicyclic) bond motifs is 5. The molecule has 0 aliphatic heterocycles. The number of rotatable bonds is 0. The van der Waals surface area contributed by atoms with E-state index in [1.54, 1.807) is 0 Å². The first-order valence-electron chi connectivity index (χ1n) is 9.23. The van der Waals surface area contributed by atoms with Gasteiger partial charge in [0.25, 0.3) is 0 Å². The van der Waals surface area contributed by atoms with Crippen molar-refractivity contribution in [3.8, 4) is 0 Å². The van der Waals surface area contributed by atoms with E-state index in [0.29, 0.717) is 17.1 Å². The third-order valence-electron chi connectivity index (χ3n) is 7.89. The van der Waals surface area contributed by atoms with Crippen molar-refractivity contribution in [1.29, 1.82) is 0 Å². The summed E-state index contributed by atoms with van der Waals surface area (Å²) in [6, 6.07) is 0. The fourth-order valence-corrected chi connectivity index (χ4v) is 6.92. The Morgan fingerprint density at radius 3 is 2.70 bits per heavy atom. The van der Waals surface area contributed by atoms with Crippen molar-refractivity contribution in [2.45, 2.75) is 77.6 Å². The SMILES string of the molecule is C[C@]12CCCC[C@@H]1CC[C@H]1[C@@H]3CCCC(=O)C3CC[C@@H]12. The van der Waals surface area contributed by atoms with Crippen LogP contribution in [0.3, 0.4) is 0 Å². The molecule has 0 aromatic rings. The Morgan fingerprint density at radius 2 is 1.80 bits per heavy atom. The second-order valence-electron chi connectivity index (χ2n) is 8.50. The molecule has 1 unspecified atom stereocenters. The molecule has 0 bridgehead atoms. The first kappa shape index (κ1) is 13.3. The van der Waals surface area contributed by atoms with Gasteiger partial charge in [0.2, 0.25) is 0 Å². The van der Waals surface area contributed by atoms with Gasteiger partial charge in [-0.2, -0.15) is 0 Å². The maximum atomic E-state index is 12.3. The van der Waals surface area contributed by atoms with E-state index in [0.717, 1.165) is 30.1 Å². The molecule has 20 heavy (non-hydrogen) atoms. The molecular weight excluding hydrogens is 244 g/mol. The maximum Gasteiger partial charge on any atom is 0.136 e. The van der Waals surface area contributed by atoms with Gasteiger partial charge in [0.1, 0.15) is 5.78 Å². The topological polar surface area (TPSA) is 17.1 Å². The molecule has 0 aromatic carbocycles. The second kappa shape index (κ2) is 4.85. The highest BCUT2D eigenvalue weighted by Crippen LogP contribution is 2.62. The van der Waals surface area contributed by atoms with Gasteiger partial charge < -0.3 is 0 Å². The minimum atomic E-state index is 0.466. The molecule has 0 amide bonds. The zero-order chi connectivity index (χ0) is 13.7. The third kappa shape index (κ3) is 1.84. The molecule has 1 nitrogen and oxygen atoms in total. The number of carbonyl (C=O) groups excluding carboxylic acids is 1. The molecule has 0 spiro atoms. The third-order valence-corrected chi connectivity index (χ3v) is 7.89. The van der Waals surface area contributed by atoms with Gasteiger partial charge in [0.05, 0.1) is 0 Å². The van der Waals surface area contributed by atoms with Crippen LogP contribution in [-0.2, 0) is 4.79 Å². The van der Waals surface area contributed by atoms with Crippen LogP contribution in [0, 0.1) is 35.0 Å². The fourth-order valence-electron chi connectivity index (χ4n) is 6.92. The summed E-state index contributed by atoms with van der Waals surface area (Å²) in [6.07, 6.45) is 14.8. The average molecular weight is 274 g/mol. The zero-order valence-electron chi connectivity index (χ0n) is 13.1. The van der Waals surface area contributed by atoms with Crippen LogP contribution in [0.25, 0.3) is 0 Å². The van der Waals surface area contributed by atoms with Crippen molar-refractivity contribution >= 4 is 5.78 Å². The van der Waals surface area contributed by atoms with E-state index in [1.807, 2.05) is 0 Å². The average Bonchev–Trinajstić information content (AvgIpc) is 2.47. The second-order valence-corrected chi connectivity index (χ2v) is 8.50. The van der Waals surface area contributed by atoms with Gasteiger partial charge in [-0.15, -0.1) is 0 Å². The van der Waals surface area contributed by atoms with E-state index in [4.69, 9.17) is 0 Å². The van der Waals surface area contributed by atoms with Crippen LogP contribution >= 0.6 is 0 Å². The van der Waals surface area contributed by atoms with Gasteiger partial charge in [0.15, 0.2) is 0 Å². The summed E-state index contributed by atoms with van der Waals surface area (Å²) in [7, 11) is 0. The Balaban J connectivity index is 1.61. The molecule has 0 radical (unpaired) electrons. The van der Waals surface area contributed by atoms with E-state index in [2.05, 4.69) is 6.92 Å². The van der Waals surface area contributed by atoms with Gasteiger partial charge in [-0.05, 0) is 80.5 Å². The van der Waals surface area contributed by atoms with E-state index >= 15 is 0 Å². The van der Waals surface area contributed by atoms with Gasteiger partial charge >= 0.3 is 0 Å². The predicted octanol–water partition coefficient (Wildman–Crippen LogP) is 4.99. The normalized spacial score (nSPS) is 51.9. The van der Waals surface area contributed by atoms with Crippen molar-refractivity contribution in [2.75, 3.05) is 0 Å². The highest BCUT2D eigenvalue weighted by atomic mass is 16.1. The van der Waals surface area contributed by atoms with Crippen LogP contribution in [0.5, 0.6) is 0 Å². The van der Waals surface area contributed by atoms with Gasteiger partial charge in [-0.25, -0.2) is 0 Å². The largest absolute Gasteiger partial charge is 0.299 e. The van der Waals surface area contributed by atoms with E-state index in [9.17, 15) is 4.79 Å². The number of Topliss-reactive ketones (excluding diaryl/α,β-unsaturated/α-hetero) is 1. The number of carbonyl (C=O) groups is 1. The highest BCUT2D eigenvalue weighted by molar-refractivity contribution is 5.82.